The van der Waals surface area contributed by atoms with E-state index in [1.54, 1.807) is 0 Å². The Morgan fingerprint density at radius 3 is 2.22 bits per heavy atom. The van der Waals surface area contributed by atoms with E-state index in [0.29, 0.717) is 6.42 Å². The van der Waals surface area contributed by atoms with Gasteiger partial charge in [0.2, 0.25) is 0 Å². The number of carbonyl (C=O) groups excluding carboxylic acids is 3. The van der Waals surface area contributed by atoms with Crippen LogP contribution in [0, 0.1) is 6.92 Å². The number of carbonyl (C=O) groups is 3. The molecule has 0 amide bonds. The molecule has 1 aromatic rings. The van der Waals surface area contributed by atoms with E-state index in [1.807, 2.05) is 19.1 Å². The van der Waals surface area contributed by atoms with Crippen LogP contribution in [-0.4, -0.2) is 67.9 Å². The molecular weight excluding hydrogens is 468 g/mol. The molecule has 0 bridgehead atoms. The summed E-state index contributed by atoms with van der Waals surface area (Å²) in [7, 11) is 0. The summed E-state index contributed by atoms with van der Waals surface area (Å²) < 4.78 is 23.0. The molecule has 1 aromatic carbocycles. The maximum atomic E-state index is 11.5. The number of aryl methyl sites for hydroxylation is 1. The Hall–Kier alpha value is -1.62. The summed E-state index contributed by atoms with van der Waals surface area (Å²) in [4.78, 5) is 34.3. The van der Waals surface area contributed by atoms with Crippen LogP contribution in [0.15, 0.2) is 24.3 Å². The number of ether oxygens (including phenoxy) is 4. The number of hydrogen-bond acceptors (Lipinski definition) is 7. The monoisotopic (exact) mass is 494 g/mol. The van der Waals surface area contributed by atoms with E-state index in [-0.39, 0.29) is 10.8 Å². The molecule has 7 nitrogen and oxygen atoms in total. The third-order valence-electron chi connectivity index (χ3n) is 3.84. The molecule has 1 aliphatic rings. The van der Waals surface area contributed by atoms with Crippen molar-refractivity contribution < 1.29 is 33.3 Å². The van der Waals surface area contributed by atoms with Crippen molar-refractivity contribution in [2.75, 3.05) is 6.61 Å². The molecule has 4 atom stereocenters. The van der Waals surface area contributed by atoms with Crippen molar-refractivity contribution in [2.45, 2.75) is 56.6 Å². The average Bonchev–Trinajstić information content (AvgIpc) is 2.56. The molecule has 8 heteroatoms. The van der Waals surface area contributed by atoms with Gasteiger partial charge >= 0.3 is 169 Å². The molecule has 0 radical (unpaired) electrons. The molecule has 0 saturated carbocycles. The van der Waals surface area contributed by atoms with E-state index < -0.39 is 57.1 Å². The number of rotatable bonds is 6. The first kappa shape index (κ1) is 21.7. The standard InChI is InChI=1S/C19H24O7Te/c1-11-5-7-15(8-6-11)27-18-9-16(24-13(3)21)19(25-14(4)22)17(26-18)10-23-12(2)20/h5-8,16-19H,9-10H2,1-4H3/t16-,17-,18+,19+/m1/s1. The quantitative estimate of drug-likeness (QED) is 0.331. The summed E-state index contributed by atoms with van der Waals surface area (Å²) in [6.45, 7) is 5.85. The van der Waals surface area contributed by atoms with E-state index in [0.717, 1.165) is 0 Å². The Morgan fingerprint density at radius 2 is 1.67 bits per heavy atom. The van der Waals surface area contributed by atoms with Crippen molar-refractivity contribution in [3.8, 4) is 0 Å². The van der Waals surface area contributed by atoms with Gasteiger partial charge in [0.1, 0.15) is 0 Å². The Bertz CT molecular complexity index is 673. The Kier molecular flexibility index (Phi) is 8.08. The SMILES string of the molecule is CC(=O)OC[C@H]1O[C@@H]([Te]c2ccc(C)cc2)C[C@@H](OC(C)=O)[C@@H]1OC(C)=O. The second-order valence-electron chi connectivity index (χ2n) is 6.30. The summed E-state index contributed by atoms with van der Waals surface area (Å²) in [6.07, 6.45) is -1.70. The second kappa shape index (κ2) is 10.1. The zero-order valence-electron chi connectivity index (χ0n) is 15.8. The molecule has 0 unspecified atom stereocenters. The predicted octanol–water partition coefficient (Wildman–Crippen LogP) is 0.866. The van der Waals surface area contributed by atoms with Gasteiger partial charge in [0.15, 0.2) is 0 Å². The number of hydrogen-bond donors (Lipinski definition) is 0. The summed E-state index contributed by atoms with van der Waals surface area (Å²) in [5.74, 6) is -1.43. The third-order valence-corrected chi connectivity index (χ3v) is 7.01. The van der Waals surface area contributed by atoms with Gasteiger partial charge in [0.05, 0.1) is 0 Å². The molecule has 0 spiro atoms. The van der Waals surface area contributed by atoms with E-state index >= 15 is 0 Å². The van der Waals surface area contributed by atoms with E-state index in [2.05, 4.69) is 12.1 Å². The van der Waals surface area contributed by atoms with Crippen molar-refractivity contribution in [2.24, 2.45) is 0 Å². The summed E-state index contributed by atoms with van der Waals surface area (Å²) in [6, 6.07) is 8.23. The number of esters is 3. The van der Waals surface area contributed by atoms with Gasteiger partial charge in [-0.05, 0) is 0 Å². The van der Waals surface area contributed by atoms with Crippen molar-refractivity contribution in [1.82, 2.24) is 0 Å². The van der Waals surface area contributed by atoms with Gasteiger partial charge < -0.3 is 0 Å². The number of benzene rings is 1. The minimum atomic E-state index is -0.813. The van der Waals surface area contributed by atoms with Crippen LogP contribution in [0.5, 0.6) is 0 Å². The van der Waals surface area contributed by atoms with E-state index in [4.69, 9.17) is 18.9 Å². The van der Waals surface area contributed by atoms with Gasteiger partial charge in [-0.3, -0.25) is 0 Å². The molecular formula is C19H24O7Te. The van der Waals surface area contributed by atoms with Crippen LogP contribution in [0.3, 0.4) is 0 Å². The van der Waals surface area contributed by atoms with Crippen LogP contribution in [0.25, 0.3) is 0 Å². The van der Waals surface area contributed by atoms with Crippen LogP contribution in [-0.2, 0) is 33.3 Å². The molecule has 1 fully saturated rings. The van der Waals surface area contributed by atoms with Crippen molar-refractivity contribution in [3.05, 3.63) is 29.8 Å². The first-order chi connectivity index (χ1) is 12.7. The second-order valence-corrected chi connectivity index (χ2v) is 9.81. The minimum absolute atomic E-state index is 0.0671. The van der Waals surface area contributed by atoms with Crippen LogP contribution >= 0.6 is 0 Å². The van der Waals surface area contributed by atoms with Gasteiger partial charge in [-0.25, -0.2) is 0 Å². The van der Waals surface area contributed by atoms with Crippen LogP contribution in [0.4, 0.5) is 0 Å². The van der Waals surface area contributed by atoms with Gasteiger partial charge in [0.25, 0.3) is 0 Å². The van der Waals surface area contributed by atoms with Crippen molar-refractivity contribution in [1.29, 1.82) is 0 Å². The Balaban J connectivity index is 2.19. The van der Waals surface area contributed by atoms with Crippen LogP contribution in [0.1, 0.15) is 32.8 Å². The third kappa shape index (κ3) is 7.13. The van der Waals surface area contributed by atoms with Gasteiger partial charge in [-0.15, -0.1) is 0 Å². The van der Waals surface area contributed by atoms with Gasteiger partial charge in [-0.1, -0.05) is 0 Å². The fraction of sp³-hybridized carbons (Fsp3) is 0.526. The molecule has 1 aliphatic heterocycles. The first-order valence-electron chi connectivity index (χ1n) is 8.61. The molecule has 148 valence electrons. The van der Waals surface area contributed by atoms with Crippen LogP contribution < -0.4 is 3.61 Å². The van der Waals surface area contributed by atoms with Gasteiger partial charge in [-0.2, -0.15) is 0 Å². The Labute approximate surface area is 168 Å². The molecule has 1 saturated heterocycles. The van der Waals surface area contributed by atoms with E-state index in [9.17, 15) is 14.4 Å². The molecule has 0 aliphatic carbocycles. The first-order valence-corrected chi connectivity index (χ1v) is 11.1. The summed E-state index contributed by atoms with van der Waals surface area (Å²) in [5, 5.41) is 0. The predicted molar refractivity (Wildman–Crippen MR) is 97.6 cm³/mol. The zero-order valence-corrected chi connectivity index (χ0v) is 18.1. The average molecular weight is 492 g/mol. The molecule has 2 rings (SSSR count). The topological polar surface area (TPSA) is 88.1 Å². The molecule has 27 heavy (non-hydrogen) atoms. The maximum absolute atomic E-state index is 11.5. The Morgan fingerprint density at radius 1 is 1.04 bits per heavy atom. The fourth-order valence-corrected chi connectivity index (χ4v) is 5.83. The van der Waals surface area contributed by atoms with Crippen LogP contribution in [0.2, 0.25) is 0 Å². The van der Waals surface area contributed by atoms with Crippen molar-refractivity contribution in [3.63, 3.8) is 0 Å². The zero-order chi connectivity index (χ0) is 20.0. The molecule has 0 N–H and O–H groups in total. The van der Waals surface area contributed by atoms with Gasteiger partial charge in [0, 0.05) is 0 Å². The summed E-state index contributed by atoms with van der Waals surface area (Å²) in [5.41, 5.74) is 1.18. The summed E-state index contributed by atoms with van der Waals surface area (Å²) >= 11 is -0.758. The van der Waals surface area contributed by atoms with E-state index in [1.165, 1.54) is 29.9 Å². The molecule has 1 heterocycles. The normalized spacial score (nSPS) is 24.7. The van der Waals surface area contributed by atoms with Crippen molar-refractivity contribution >= 4 is 42.4 Å². The molecule has 0 aromatic heterocycles. The fourth-order valence-electron chi connectivity index (χ4n) is 2.74.